The summed E-state index contributed by atoms with van der Waals surface area (Å²) in [6.45, 7) is 4.21. The fraction of sp³-hybridized carbons (Fsp3) is 0.600. The molecule has 2 rings (SSSR count). The van der Waals surface area contributed by atoms with Crippen LogP contribution in [0.25, 0.3) is 0 Å². The van der Waals surface area contributed by atoms with Crippen LogP contribution in [-0.4, -0.2) is 20.3 Å². The second-order valence-corrected chi connectivity index (χ2v) is 6.32. The molecule has 0 radical (unpaired) electrons. The smallest absolute Gasteiger partial charge is 0.0468 e. The predicted octanol–water partition coefficient (Wildman–Crippen LogP) is 3.92. The van der Waals surface area contributed by atoms with Gasteiger partial charge < -0.3 is 10.1 Å². The van der Waals surface area contributed by atoms with Gasteiger partial charge in [-0.15, -0.1) is 0 Å². The van der Waals surface area contributed by atoms with Crippen LogP contribution in [0.2, 0.25) is 0 Å². The summed E-state index contributed by atoms with van der Waals surface area (Å²) in [6, 6.07) is 8.93. The Morgan fingerprint density at radius 1 is 1.44 bits per heavy atom. The van der Waals surface area contributed by atoms with Crippen molar-refractivity contribution in [2.45, 2.75) is 32.2 Å². The molecule has 1 N–H and O–H groups in total. The number of nitrogens with one attached hydrogen (secondary N) is 1. The zero-order chi connectivity index (χ0) is 13.0. The Bertz CT molecular complexity index is 390. The van der Waals surface area contributed by atoms with Crippen molar-refractivity contribution < 1.29 is 4.74 Å². The monoisotopic (exact) mass is 311 g/mol. The van der Waals surface area contributed by atoms with Gasteiger partial charge in [0.05, 0.1) is 0 Å². The van der Waals surface area contributed by atoms with Crippen LogP contribution in [0.4, 0.5) is 0 Å². The maximum absolute atomic E-state index is 5.19. The fourth-order valence-corrected chi connectivity index (χ4v) is 2.69. The number of methoxy groups -OCH3 is 1. The van der Waals surface area contributed by atoms with Gasteiger partial charge >= 0.3 is 0 Å². The maximum atomic E-state index is 5.19. The molecule has 1 aromatic carbocycles. The molecule has 1 aromatic rings. The van der Waals surface area contributed by atoms with Crippen LogP contribution < -0.4 is 5.32 Å². The second-order valence-electron chi connectivity index (χ2n) is 5.40. The first-order valence-corrected chi connectivity index (χ1v) is 7.42. The highest BCUT2D eigenvalue weighted by Crippen LogP contribution is 2.48. The molecule has 2 nitrogen and oxygen atoms in total. The first kappa shape index (κ1) is 14.0. The van der Waals surface area contributed by atoms with Crippen LogP contribution in [0.5, 0.6) is 0 Å². The van der Waals surface area contributed by atoms with Crippen molar-refractivity contribution in [2.24, 2.45) is 5.41 Å². The van der Waals surface area contributed by atoms with Gasteiger partial charge in [-0.05, 0) is 49.3 Å². The summed E-state index contributed by atoms with van der Waals surface area (Å²) in [5.74, 6) is 0. The zero-order valence-electron chi connectivity index (χ0n) is 11.2. The van der Waals surface area contributed by atoms with Crippen LogP contribution in [0.1, 0.15) is 37.8 Å². The summed E-state index contributed by atoms with van der Waals surface area (Å²) in [5.41, 5.74) is 1.85. The molecule has 0 bridgehead atoms. The molecule has 18 heavy (non-hydrogen) atoms. The number of halogens is 1. The van der Waals surface area contributed by atoms with Gasteiger partial charge in [-0.2, -0.15) is 0 Å². The van der Waals surface area contributed by atoms with Gasteiger partial charge in [-0.25, -0.2) is 0 Å². The average molecular weight is 312 g/mol. The molecule has 1 saturated carbocycles. The lowest BCUT2D eigenvalue weighted by molar-refractivity contribution is 0.170. The third kappa shape index (κ3) is 3.81. The van der Waals surface area contributed by atoms with Crippen molar-refractivity contribution in [3.63, 3.8) is 0 Å². The Hall–Kier alpha value is -0.380. The highest BCUT2D eigenvalue weighted by atomic mass is 79.9. The standard InChI is InChI=1S/C15H22BrNO/c1-12(13-4-3-5-14(16)10-13)17-11-15(6-7-15)8-9-18-2/h3-5,10,12,17H,6-9,11H2,1-2H3. The van der Waals surface area contributed by atoms with Crippen molar-refractivity contribution in [2.75, 3.05) is 20.3 Å². The number of benzene rings is 1. The van der Waals surface area contributed by atoms with Crippen molar-refractivity contribution in [3.8, 4) is 0 Å². The van der Waals surface area contributed by atoms with Crippen LogP contribution in [0, 0.1) is 5.41 Å². The molecule has 3 heteroatoms. The third-order valence-corrected chi connectivity index (χ3v) is 4.42. The molecule has 1 unspecified atom stereocenters. The molecule has 0 heterocycles. The lowest BCUT2D eigenvalue weighted by atomic mass is 10.0. The summed E-state index contributed by atoms with van der Waals surface area (Å²) >= 11 is 3.52. The van der Waals surface area contributed by atoms with E-state index < -0.39 is 0 Å². The third-order valence-electron chi connectivity index (χ3n) is 3.93. The summed E-state index contributed by atoms with van der Waals surface area (Å²) in [6.07, 6.45) is 3.87. The van der Waals surface area contributed by atoms with Crippen LogP contribution in [0.15, 0.2) is 28.7 Å². The van der Waals surface area contributed by atoms with E-state index in [1.54, 1.807) is 7.11 Å². The molecule has 1 aliphatic carbocycles. The SMILES string of the molecule is COCCC1(CNC(C)c2cccc(Br)c2)CC1. The summed E-state index contributed by atoms with van der Waals surface area (Å²) in [7, 11) is 1.79. The Kier molecular flexibility index (Phi) is 4.82. The summed E-state index contributed by atoms with van der Waals surface area (Å²) in [4.78, 5) is 0. The molecule has 1 aliphatic rings. The Morgan fingerprint density at radius 2 is 2.22 bits per heavy atom. The van der Waals surface area contributed by atoms with E-state index >= 15 is 0 Å². The van der Waals surface area contributed by atoms with Gasteiger partial charge in [0.25, 0.3) is 0 Å². The molecule has 100 valence electrons. The zero-order valence-corrected chi connectivity index (χ0v) is 12.8. The molecule has 0 saturated heterocycles. The van der Waals surface area contributed by atoms with Gasteiger partial charge in [0.2, 0.25) is 0 Å². The number of ether oxygens (including phenoxy) is 1. The highest BCUT2D eigenvalue weighted by Gasteiger charge is 2.41. The molecular weight excluding hydrogens is 290 g/mol. The van der Waals surface area contributed by atoms with Crippen molar-refractivity contribution in [1.29, 1.82) is 0 Å². The van der Waals surface area contributed by atoms with Crippen LogP contribution >= 0.6 is 15.9 Å². The van der Waals surface area contributed by atoms with E-state index in [1.165, 1.54) is 24.8 Å². The predicted molar refractivity (Wildman–Crippen MR) is 78.7 cm³/mol. The lowest BCUT2D eigenvalue weighted by Gasteiger charge is -2.20. The normalized spacial score (nSPS) is 18.6. The molecule has 0 aromatic heterocycles. The van der Waals surface area contributed by atoms with E-state index in [4.69, 9.17) is 4.74 Å². The van der Waals surface area contributed by atoms with Gasteiger partial charge in [-0.3, -0.25) is 0 Å². The van der Waals surface area contributed by atoms with E-state index in [0.717, 1.165) is 17.6 Å². The number of rotatable bonds is 7. The van der Waals surface area contributed by atoms with Crippen molar-refractivity contribution in [3.05, 3.63) is 34.3 Å². The number of hydrogen-bond donors (Lipinski definition) is 1. The van der Waals surface area contributed by atoms with Crippen molar-refractivity contribution >= 4 is 15.9 Å². The second kappa shape index (κ2) is 6.18. The minimum absolute atomic E-state index is 0.405. The topological polar surface area (TPSA) is 21.3 Å². The largest absolute Gasteiger partial charge is 0.385 e. The molecule has 0 aliphatic heterocycles. The van der Waals surface area contributed by atoms with Crippen LogP contribution in [0.3, 0.4) is 0 Å². The van der Waals surface area contributed by atoms with Gasteiger partial charge in [-0.1, -0.05) is 28.1 Å². The first-order valence-electron chi connectivity index (χ1n) is 6.63. The molecule has 0 amide bonds. The van der Waals surface area contributed by atoms with E-state index in [1.807, 2.05) is 0 Å². The summed E-state index contributed by atoms with van der Waals surface area (Å²) < 4.78 is 6.34. The van der Waals surface area contributed by atoms with E-state index in [0.29, 0.717) is 11.5 Å². The Balaban J connectivity index is 1.83. The summed E-state index contributed by atoms with van der Waals surface area (Å²) in [5, 5.41) is 3.66. The Morgan fingerprint density at radius 3 is 2.83 bits per heavy atom. The van der Waals surface area contributed by atoms with Gasteiger partial charge in [0, 0.05) is 30.8 Å². The first-order chi connectivity index (χ1) is 8.65. The van der Waals surface area contributed by atoms with Gasteiger partial charge in [0.15, 0.2) is 0 Å². The quantitative estimate of drug-likeness (QED) is 0.824. The van der Waals surface area contributed by atoms with Crippen molar-refractivity contribution in [1.82, 2.24) is 5.32 Å². The minimum Gasteiger partial charge on any atom is -0.385 e. The highest BCUT2D eigenvalue weighted by molar-refractivity contribution is 9.10. The maximum Gasteiger partial charge on any atom is 0.0468 e. The fourth-order valence-electron chi connectivity index (χ4n) is 2.27. The van der Waals surface area contributed by atoms with Crippen LogP contribution in [-0.2, 0) is 4.74 Å². The molecule has 1 fully saturated rings. The average Bonchev–Trinajstić information content (AvgIpc) is 3.14. The van der Waals surface area contributed by atoms with Gasteiger partial charge in [0.1, 0.15) is 0 Å². The van der Waals surface area contributed by atoms with E-state index in [-0.39, 0.29) is 0 Å². The molecule has 1 atom stereocenters. The Labute approximate surface area is 118 Å². The van der Waals surface area contributed by atoms with E-state index in [9.17, 15) is 0 Å². The number of hydrogen-bond acceptors (Lipinski definition) is 2. The van der Waals surface area contributed by atoms with E-state index in [2.05, 4.69) is 52.4 Å². The molecular formula is C15H22BrNO. The lowest BCUT2D eigenvalue weighted by Crippen LogP contribution is -2.27. The minimum atomic E-state index is 0.405. The molecule has 0 spiro atoms.